The zero-order chi connectivity index (χ0) is 23.5. The maximum atomic E-state index is 12.1. The van der Waals surface area contributed by atoms with Crippen molar-refractivity contribution in [2.75, 3.05) is 19.0 Å². The van der Waals surface area contributed by atoms with Crippen LogP contribution in [0.15, 0.2) is 52.0 Å². The molecule has 9 nitrogen and oxygen atoms in total. The van der Waals surface area contributed by atoms with E-state index < -0.39 is 11.8 Å². The molecule has 170 valence electrons. The molecule has 2 rings (SSSR count). The van der Waals surface area contributed by atoms with Crippen LogP contribution in [0.2, 0.25) is 0 Å². The number of hydrazone groups is 1. The van der Waals surface area contributed by atoms with E-state index in [1.807, 2.05) is 19.1 Å². The van der Waals surface area contributed by atoms with E-state index in [1.54, 1.807) is 37.3 Å². The first-order valence-corrected chi connectivity index (χ1v) is 10.6. The molecule has 3 amide bonds. The van der Waals surface area contributed by atoms with E-state index in [2.05, 4.69) is 37.1 Å². The van der Waals surface area contributed by atoms with E-state index in [0.717, 1.165) is 4.47 Å². The van der Waals surface area contributed by atoms with Crippen molar-refractivity contribution < 1.29 is 23.9 Å². The van der Waals surface area contributed by atoms with Gasteiger partial charge in [-0.05, 0) is 61.4 Å². The number of methoxy groups -OCH3 is 1. The number of halogens is 1. The van der Waals surface area contributed by atoms with Gasteiger partial charge in [0.2, 0.25) is 0 Å². The molecule has 0 radical (unpaired) electrons. The van der Waals surface area contributed by atoms with Gasteiger partial charge >= 0.3 is 11.8 Å². The van der Waals surface area contributed by atoms with Gasteiger partial charge in [0.25, 0.3) is 5.91 Å². The molecule has 2 aromatic rings. The predicted molar refractivity (Wildman–Crippen MR) is 125 cm³/mol. The minimum absolute atomic E-state index is 0.106. The lowest BCUT2D eigenvalue weighted by molar-refractivity contribution is -0.139. The number of nitrogens with zero attached hydrogens (tertiary/aromatic N) is 1. The number of carbonyl (C=O) groups is 3. The van der Waals surface area contributed by atoms with Crippen LogP contribution in [0.5, 0.6) is 11.5 Å². The van der Waals surface area contributed by atoms with Crippen LogP contribution < -0.4 is 25.5 Å². The lowest BCUT2D eigenvalue weighted by atomic mass is 10.2. The molecule has 2 aromatic carbocycles. The first kappa shape index (κ1) is 24.9. The Bertz CT molecular complexity index is 979. The smallest absolute Gasteiger partial charge is 0.329 e. The number of hydrogen-bond donors (Lipinski definition) is 3. The van der Waals surface area contributed by atoms with Gasteiger partial charge in [-0.3, -0.25) is 14.4 Å². The molecule has 0 saturated heterocycles. The van der Waals surface area contributed by atoms with Crippen LogP contribution in [-0.4, -0.2) is 43.7 Å². The van der Waals surface area contributed by atoms with Crippen LogP contribution in [0.4, 0.5) is 5.69 Å². The van der Waals surface area contributed by atoms with Crippen molar-refractivity contribution in [3.8, 4) is 11.5 Å². The zero-order valence-electron chi connectivity index (χ0n) is 18.0. The fourth-order valence-corrected chi connectivity index (χ4v) is 2.63. The molecule has 0 heterocycles. The number of carbonyl (C=O) groups excluding carboxylic acids is 3. The molecule has 0 aliphatic carbocycles. The lowest BCUT2D eigenvalue weighted by Crippen LogP contribution is -2.41. The van der Waals surface area contributed by atoms with Crippen molar-refractivity contribution in [1.29, 1.82) is 0 Å². The second-order valence-corrected chi connectivity index (χ2v) is 7.65. The molecule has 32 heavy (non-hydrogen) atoms. The third-order valence-electron chi connectivity index (χ3n) is 4.25. The molecular formula is C22H25BrN4O5. The Morgan fingerprint density at radius 2 is 1.81 bits per heavy atom. The average molecular weight is 505 g/mol. The van der Waals surface area contributed by atoms with Crippen molar-refractivity contribution in [2.24, 2.45) is 5.10 Å². The van der Waals surface area contributed by atoms with Crippen LogP contribution in [0.3, 0.4) is 0 Å². The number of ether oxygens (including phenoxy) is 2. The van der Waals surface area contributed by atoms with Gasteiger partial charge in [-0.25, -0.2) is 5.43 Å². The van der Waals surface area contributed by atoms with Crippen LogP contribution >= 0.6 is 15.9 Å². The Morgan fingerprint density at radius 3 is 2.47 bits per heavy atom. The van der Waals surface area contributed by atoms with Gasteiger partial charge in [-0.2, -0.15) is 5.10 Å². The summed E-state index contributed by atoms with van der Waals surface area (Å²) in [6, 6.07) is 12.0. The molecule has 0 aliphatic heterocycles. The van der Waals surface area contributed by atoms with Gasteiger partial charge < -0.3 is 20.1 Å². The summed E-state index contributed by atoms with van der Waals surface area (Å²) in [4.78, 5) is 35.5. The van der Waals surface area contributed by atoms with Crippen molar-refractivity contribution in [2.45, 2.75) is 26.3 Å². The summed E-state index contributed by atoms with van der Waals surface area (Å²) in [7, 11) is 1.46. The molecule has 0 unspecified atom stereocenters. The van der Waals surface area contributed by atoms with Crippen molar-refractivity contribution in [3.05, 3.63) is 52.5 Å². The van der Waals surface area contributed by atoms with Gasteiger partial charge in [0.05, 0.1) is 13.3 Å². The van der Waals surface area contributed by atoms with Gasteiger partial charge in [-0.1, -0.05) is 22.9 Å². The minimum atomic E-state index is -0.856. The van der Waals surface area contributed by atoms with Crippen LogP contribution in [-0.2, 0) is 14.4 Å². The maximum absolute atomic E-state index is 12.1. The van der Waals surface area contributed by atoms with Crippen molar-refractivity contribution in [1.82, 2.24) is 10.7 Å². The number of amides is 3. The monoisotopic (exact) mass is 504 g/mol. The first-order valence-electron chi connectivity index (χ1n) is 9.82. The van der Waals surface area contributed by atoms with E-state index >= 15 is 0 Å². The van der Waals surface area contributed by atoms with Crippen LogP contribution in [0, 0.1) is 0 Å². The average Bonchev–Trinajstić information content (AvgIpc) is 2.79. The first-order chi connectivity index (χ1) is 15.3. The summed E-state index contributed by atoms with van der Waals surface area (Å²) >= 11 is 3.34. The van der Waals surface area contributed by atoms with E-state index in [1.165, 1.54) is 13.3 Å². The summed E-state index contributed by atoms with van der Waals surface area (Å²) in [6.45, 7) is 3.49. The highest BCUT2D eigenvalue weighted by Crippen LogP contribution is 2.27. The predicted octanol–water partition coefficient (Wildman–Crippen LogP) is 2.84. The molecule has 0 aliphatic rings. The number of hydrogen-bond acceptors (Lipinski definition) is 6. The molecule has 1 atom stereocenters. The summed E-state index contributed by atoms with van der Waals surface area (Å²) in [5, 5.41) is 9.06. The Balaban J connectivity index is 1.90. The standard InChI is InChI=1S/C22H25BrN4O5/c1-4-14(2)25-21(29)22(30)27-24-12-15-5-10-18(19(11-15)31-3)32-13-20(28)26-17-8-6-16(23)7-9-17/h5-12,14H,4,13H2,1-3H3,(H,25,29)(H,26,28)(H,27,30)/b24-12-/t14-/m0/s1. The fraction of sp³-hybridized carbons (Fsp3) is 0.273. The molecular weight excluding hydrogens is 480 g/mol. The van der Waals surface area contributed by atoms with Gasteiger partial charge in [-0.15, -0.1) is 0 Å². The number of anilines is 1. The van der Waals surface area contributed by atoms with Crippen molar-refractivity contribution in [3.63, 3.8) is 0 Å². The molecule has 0 saturated carbocycles. The zero-order valence-corrected chi connectivity index (χ0v) is 19.6. The highest BCUT2D eigenvalue weighted by molar-refractivity contribution is 9.10. The Kier molecular flexibility index (Phi) is 9.68. The van der Waals surface area contributed by atoms with Crippen LogP contribution in [0.25, 0.3) is 0 Å². The molecule has 3 N–H and O–H groups in total. The minimum Gasteiger partial charge on any atom is -0.493 e. The lowest BCUT2D eigenvalue weighted by Gasteiger charge is -2.11. The molecule has 0 fully saturated rings. The van der Waals surface area contributed by atoms with E-state index in [0.29, 0.717) is 29.2 Å². The Labute approximate surface area is 194 Å². The summed E-state index contributed by atoms with van der Waals surface area (Å²) < 4.78 is 11.8. The topological polar surface area (TPSA) is 118 Å². The second-order valence-electron chi connectivity index (χ2n) is 6.74. The quantitative estimate of drug-likeness (QED) is 0.275. The number of rotatable bonds is 9. The normalized spacial score (nSPS) is 11.5. The fourth-order valence-electron chi connectivity index (χ4n) is 2.36. The van der Waals surface area contributed by atoms with Gasteiger partial charge in [0.1, 0.15) is 0 Å². The highest BCUT2D eigenvalue weighted by atomic mass is 79.9. The third-order valence-corrected chi connectivity index (χ3v) is 4.78. The molecule has 10 heteroatoms. The second kappa shape index (κ2) is 12.5. The number of nitrogens with one attached hydrogen (secondary N) is 3. The SMILES string of the molecule is CC[C@H](C)NC(=O)C(=O)N/N=C\c1ccc(OCC(=O)Nc2ccc(Br)cc2)c(OC)c1. The molecule has 0 spiro atoms. The maximum Gasteiger partial charge on any atom is 0.329 e. The molecule has 0 bridgehead atoms. The summed E-state index contributed by atoms with van der Waals surface area (Å²) in [6.07, 6.45) is 2.07. The Morgan fingerprint density at radius 1 is 1.09 bits per heavy atom. The van der Waals surface area contributed by atoms with E-state index in [4.69, 9.17) is 9.47 Å². The van der Waals surface area contributed by atoms with E-state index in [9.17, 15) is 14.4 Å². The summed E-state index contributed by atoms with van der Waals surface area (Å²) in [5.41, 5.74) is 3.42. The third kappa shape index (κ3) is 8.03. The van der Waals surface area contributed by atoms with Crippen LogP contribution in [0.1, 0.15) is 25.8 Å². The number of benzene rings is 2. The van der Waals surface area contributed by atoms with E-state index in [-0.39, 0.29) is 18.6 Å². The van der Waals surface area contributed by atoms with Crippen molar-refractivity contribution >= 4 is 45.6 Å². The highest BCUT2D eigenvalue weighted by Gasteiger charge is 2.14. The summed E-state index contributed by atoms with van der Waals surface area (Å²) in [5.74, 6) is -1.18. The Hall–Kier alpha value is -3.40. The largest absolute Gasteiger partial charge is 0.493 e. The molecule has 0 aromatic heterocycles. The van der Waals surface area contributed by atoms with Gasteiger partial charge in [0, 0.05) is 16.2 Å². The van der Waals surface area contributed by atoms with Gasteiger partial charge in [0.15, 0.2) is 18.1 Å².